The Morgan fingerprint density at radius 2 is 1.88 bits per heavy atom. The smallest absolute Gasteiger partial charge is 0.335 e. The molecule has 7 nitrogen and oxygen atoms in total. The minimum Gasteiger partial charge on any atom is -0.410 e. The van der Waals surface area contributed by atoms with Crippen LogP contribution in [0.1, 0.15) is 32.7 Å². The lowest BCUT2D eigenvalue weighted by atomic mass is 10.2. The fourth-order valence-electron chi connectivity index (χ4n) is 0.987. The lowest BCUT2D eigenvalue weighted by Gasteiger charge is -2.11. The van der Waals surface area contributed by atoms with Crippen molar-refractivity contribution in [3.63, 3.8) is 0 Å². The molecule has 0 aliphatic heterocycles. The predicted molar refractivity (Wildman–Crippen MR) is 58.8 cm³/mol. The lowest BCUT2D eigenvalue weighted by molar-refractivity contribution is -0.124. The van der Waals surface area contributed by atoms with Crippen LogP contribution < -0.4 is 5.32 Å². The molecule has 0 aromatic carbocycles. The first-order valence-corrected chi connectivity index (χ1v) is 6.94. The van der Waals surface area contributed by atoms with E-state index < -0.39 is 21.1 Å². The number of rotatable bonds is 4. The molecular weight excluding hydrogens is 246 g/mol. The first-order chi connectivity index (χ1) is 7.71. The van der Waals surface area contributed by atoms with Crippen LogP contribution in [-0.2, 0) is 14.6 Å². The number of hydrogen-bond donors (Lipinski definition) is 1. The zero-order valence-corrected chi connectivity index (χ0v) is 10.9. The van der Waals surface area contributed by atoms with E-state index in [0.29, 0.717) is 0 Å². The van der Waals surface area contributed by atoms with E-state index in [9.17, 15) is 13.2 Å². The van der Waals surface area contributed by atoms with Crippen LogP contribution in [0.5, 0.6) is 0 Å². The Morgan fingerprint density at radius 3 is 2.29 bits per heavy atom. The summed E-state index contributed by atoms with van der Waals surface area (Å²) in [7, 11) is -3.51. The highest BCUT2D eigenvalue weighted by molar-refractivity contribution is 7.90. The number of aromatic nitrogens is 2. The predicted octanol–water partition coefficient (Wildman–Crippen LogP) is 0.306. The van der Waals surface area contributed by atoms with E-state index in [0.717, 1.165) is 6.26 Å². The molecule has 0 aliphatic rings. The van der Waals surface area contributed by atoms with Gasteiger partial charge in [0.25, 0.3) is 0 Å². The number of hydrogen-bond acceptors (Lipinski definition) is 6. The van der Waals surface area contributed by atoms with E-state index in [1.54, 1.807) is 20.8 Å². The molecule has 0 spiro atoms. The van der Waals surface area contributed by atoms with Crippen molar-refractivity contribution in [3.05, 3.63) is 5.89 Å². The van der Waals surface area contributed by atoms with E-state index in [-0.39, 0.29) is 17.7 Å². The lowest BCUT2D eigenvalue weighted by Crippen LogP contribution is -2.30. The van der Waals surface area contributed by atoms with Gasteiger partial charge in [-0.3, -0.25) is 4.79 Å². The van der Waals surface area contributed by atoms with Crippen LogP contribution in [-0.4, -0.2) is 30.8 Å². The summed E-state index contributed by atoms with van der Waals surface area (Å²) in [6, 6.07) is -0.520. The van der Waals surface area contributed by atoms with Crippen LogP contribution in [0.25, 0.3) is 0 Å². The van der Waals surface area contributed by atoms with E-state index in [2.05, 4.69) is 15.5 Å². The fraction of sp³-hybridized carbons (Fsp3) is 0.667. The van der Waals surface area contributed by atoms with Crippen molar-refractivity contribution < 1.29 is 17.6 Å². The normalized spacial score (nSPS) is 13.7. The van der Waals surface area contributed by atoms with Gasteiger partial charge < -0.3 is 9.73 Å². The van der Waals surface area contributed by atoms with Crippen molar-refractivity contribution in [2.45, 2.75) is 32.0 Å². The van der Waals surface area contributed by atoms with Gasteiger partial charge in [0.15, 0.2) is 0 Å². The SMILES string of the molecule is CC(C)C(=O)N[C@@H](C)c1nnc(S(C)(=O)=O)o1. The van der Waals surface area contributed by atoms with Crippen LogP contribution in [0, 0.1) is 5.92 Å². The molecule has 1 rings (SSSR count). The number of sulfone groups is 1. The molecule has 1 amide bonds. The second-order valence-corrected chi connectivity index (χ2v) is 5.96. The number of carbonyl (C=O) groups is 1. The van der Waals surface area contributed by atoms with E-state index >= 15 is 0 Å². The summed E-state index contributed by atoms with van der Waals surface area (Å²) in [5, 5.41) is 9.17. The van der Waals surface area contributed by atoms with Gasteiger partial charge >= 0.3 is 5.22 Å². The van der Waals surface area contributed by atoms with Gasteiger partial charge in [0.1, 0.15) is 6.04 Å². The summed E-state index contributed by atoms with van der Waals surface area (Å²) in [6.45, 7) is 5.13. The second-order valence-electron chi connectivity index (χ2n) is 4.06. The molecule has 1 aromatic rings. The maximum absolute atomic E-state index is 11.4. The summed E-state index contributed by atoms with van der Waals surface area (Å²) in [5.41, 5.74) is 0. The Labute approximate surface area is 99.5 Å². The van der Waals surface area contributed by atoms with E-state index in [1.807, 2.05) is 0 Å². The quantitative estimate of drug-likeness (QED) is 0.836. The third-order valence-electron chi connectivity index (χ3n) is 1.99. The molecule has 1 heterocycles. The summed E-state index contributed by atoms with van der Waals surface area (Å²) in [6.07, 6.45) is 0.974. The summed E-state index contributed by atoms with van der Waals surface area (Å²) in [5.74, 6) is -0.272. The zero-order valence-electron chi connectivity index (χ0n) is 10.1. The molecule has 1 atom stereocenters. The first-order valence-electron chi connectivity index (χ1n) is 5.05. The third kappa shape index (κ3) is 3.52. The monoisotopic (exact) mass is 261 g/mol. The second kappa shape index (κ2) is 4.82. The molecule has 0 aliphatic carbocycles. The van der Waals surface area contributed by atoms with Gasteiger partial charge in [0.05, 0.1) is 0 Å². The highest BCUT2D eigenvalue weighted by Gasteiger charge is 2.21. The molecule has 8 heteroatoms. The molecule has 0 bridgehead atoms. The van der Waals surface area contributed by atoms with Gasteiger partial charge in [0.2, 0.25) is 21.6 Å². The molecule has 0 unspecified atom stereocenters. The average Bonchev–Trinajstić information content (AvgIpc) is 2.65. The Bertz CT molecular complexity index is 506. The van der Waals surface area contributed by atoms with Crippen LogP contribution in [0.15, 0.2) is 9.64 Å². The molecule has 0 saturated heterocycles. The molecule has 1 aromatic heterocycles. The van der Waals surface area contributed by atoms with Gasteiger partial charge in [-0.05, 0) is 6.92 Å². The molecular formula is C9H15N3O4S. The summed E-state index contributed by atoms with van der Waals surface area (Å²) >= 11 is 0. The summed E-state index contributed by atoms with van der Waals surface area (Å²) in [4.78, 5) is 11.4. The van der Waals surface area contributed by atoms with Crippen molar-refractivity contribution in [3.8, 4) is 0 Å². The Balaban J connectivity index is 2.81. The molecule has 96 valence electrons. The number of carbonyl (C=O) groups excluding carboxylic acids is 1. The van der Waals surface area contributed by atoms with Crippen molar-refractivity contribution in [1.29, 1.82) is 0 Å². The average molecular weight is 261 g/mol. The largest absolute Gasteiger partial charge is 0.410 e. The maximum atomic E-state index is 11.4. The maximum Gasteiger partial charge on any atom is 0.335 e. The van der Waals surface area contributed by atoms with Crippen LogP contribution in [0.2, 0.25) is 0 Å². The van der Waals surface area contributed by atoms with Crippen molar-refractivity contribution in [1.82, 2.24) is 15.5 Å². The number of nitrogens with zero attached hydrogens (tertiary/aromatic N) is 2. The van der Waals surface area contributed by atoms with Crippen molar-refractivity contribution in [2.24, 2.45) is 5.92 Å². The molecule has 0 saturated carbocycles. The van der Waals surface area contributed by atoms with E-state index in [4.69, 9.17) is 4.42 Å². The van der Waals surface area contributed by atoms with Crippen LogP contribution in [0.3, 0.4) is 0 Å². The Kier molecular flexibility index (Phi) is 3.87. The standard InChI is InChI=1S/C9H15N3O4S/c1-5(2)7(13)10-6(3)8-11-12-9(16-8)17(4,14)15/h5-6H,1-4H3,(H,10,13)/t6-/m0/s1. The fourth-order valence-corrected chi connectivity index (χ4v) is 1.41. The number of nitrogens with one attached hydrogen (secondary N) is 1. The topological polar surface area (TPSA) is 102 Å². The first kappa shape index (κ1) is 13.6. The van der Waals surface area contributed by atoms with E-state index in [1.165, 1.54) is 0 Å². The molecule has 0 radical (unpaired) electrons. The van der Waals surface area contributed by atoms with Gasteiger partial charge in [-0.1, -0.05) is 18.9 Å². The highest BCUT2D eigenvalue weighted by Crippen LogP contribution is 2.14. The molecule has 17 heavy (non-hydrogen) atoms. The third-order valence-corrected chi connectivity index (χ3v) is 2.79. The highest BCUT2D eigenvalue weighted by atomic mass is 32.2. The van der Waals surface area contributed by atoms with Gasteiger partial charge in [-0.2, -0.15) is 0 Å². The van der Waals surface area contributed by atoms with Crippen LogP contribution in [0.4, 0.5) is 0 Å². The van der Waals surface area contributed by atoms with Crippen molar-refractivity contribution >= 4 is 15.7 Å². The minimum absolute atomic E-state index is 0.0689. The van der Waals surface area contributed by atoms with Gasteiger partial charge in [-0.25, -0.2) is 8.42 Å². The Hall–Kier alpha value is -1.44. The summed E-state index contributed by atoms with van der Waals surface area (Å²) < 4.78 is 27.2. The van der Waals surface area contributed by atoms with Crippen LogP contribution >= 0.6 is 0 Å². The van der Waals surface area contributed by atoms with Gasteiger partial charge in [-0.15, -0.1) is 5.10 Å². The van der Waals surface area contributed by atoms with Crippen molar-refractivity contribution in [2.75, 3.05) is 6.26 Å². The minimum atomic E-state index is -3.51. The number of amides is 1. The van der Waals surface area contributed by atoms with Gasteiger partial charge in [0, 0.05) is 12.2 Å². The Morgan fingerprint density at radius 1 is 1.29 bits per heavy atom. The molecule has 0 fully saturated rings. The zero-order chi connectivity index (χ0) is 13.2. The molecule has 1 N–H and O–H groups in total.